The van der Waals surface area contributed by atoms with Crippen LogP contribution in [-0.4, -0.2) is 35.8 Å². The number of fused-ring (bicyclic) bond motifs is 1. The molecule has 2 aliphatic rings. The Kier molecular flexibility index (Phi) is 3.64. The number of hydrogen-bond acceptors (Lipinski definition) is 4. The molecule has 1 aliphatic heterocycles. The van der Waals surface area contributed by atoms with Crippen LogP contribution in [0.25, 0.3) is 0 Å². The topological polar surface area (TPSA) is 91.1 Å². The number of carbonyl (C=O) groups excluding carboxylic acids is 2. The maximum Gasteiger partial charge on any atom is 0.261 e. The molecular weight excluding hydrogens is 282 g/mol. The fourth-order valence-electron chi connectivity index (χ4n) is 3.24. The molecule has 1 unspecified atom stereocenters. The van der Waals surface area contributed by atoms with Gasteiger partial charge in [0.1, 0.15) is 5.56 Å². The van der Waals surface area contributed by atoms with E-state index in [0.29, 0.717) is 30.6 Å². The molecule has 1 fully saturated rings. The van der Waals surface area contributed by atoms with Crippen molar-refractivity contribution in [1.29, 1.82) is 0 Å². The molecule has 118 valence electrons. The van der Waals surface area contributed by atoms with Crippen molar-refractivity contribution in [2.45, 2.75) is 39.2 Å². The van der Waals surface area contributed by atoms with Crippen molar-refractivity contribution in [3.63, 3.8) is 0 Å². The number of rotatable bonds is 2. The molecule has 3 N–H and O–H groups in total. The average Bonchev–Trinajstić information content (AvgIpc) is 2.89. The third-order valence-electron chi connectivity index (χ3n) is 4.36. The Morgan fingerprint density at radius 1 is 1.32 bits per heavy atom. The van der Waals surface area contributed by atoms with Crippen LogP contribution >= 0.6 is 0 Å². The summed E-state index contributed by atoms with van der Waals surface area (Å²) in [5.74, 6) is -0.422. The number of Topliss-reactive ketones (excluding diaryl/α,β-unsaturated/α-hetero) is 1. The SMILES string of the molecule is CC1(C)CC(=O)c2cc(C(=O)NC3CCNC3)c(=O)[nH]c2C1. The molecule has 0 radical (unpaired) electrons. The Hall–Kier alpha value is -1.95. The summed E-state index contributed by atoms with van der Waals surface area (Å²) in [6.07, 6.45) is 1.92. The Labute approximate surface area is 128 Å². The zero-order chi connectivity index (χ0) is 15.9. The number of carbonyl (C=O) groups is 2. The second-order valence-electron chi connectivity index (χ2n) is 7.01. The molecule has 1 aromatic heterocycles. The number of aromatic amines is 1. The zero-order valence-electron chi connectivity index (χ0n) is 12.9. The highest BCUT2D eigenvalue weighted by Crippen LogP contribution is 2.33. The standard InChI is InChI=1S/C16H21N3O3/c1-16(2)6-12-10(13(20)7-16)5-11(15(22)19-12)14(21)18-9-3-4-17-8-9/h5,9,17H,3-4,6-8H2,1-2H3,(H,18,21)(H,19,22). The lowest BCUT2D eigenvalue weighted by Crippen LogP contribution is -2.40. The molecule has 0 bridgehead atoms. The maximum absolute atomic E-state index is 12.3. The van der Waals surface area contributed by atoms with Crippen LogP contribution in [-0.2, 0) is 6.42 Å². The fraction of sp³-hybridized carbons (Fsp3) is 0.562. The van der Waals surface area contributed by atoms with Crippen molar-refractivity contribution in [3.8, 4) is 0 Å². The van der Waals surface area contributed by atoms with Gasteiger partial charge in [-0.25, -0.2) is 0 Å². The van der Waals surface area contributed by atoms with E-state index >= 15 is 0 Å². The molecule has 0 saturated carbocycles. The fourth-order valence-corrected chi connectivity index (χ4v) is 3.24. The molecule has 1 amide bonds. The number of pyridine rings is 1. The summed E-state index contributed by atoms with van der Waals surface area (Å²) >= 11 is 0. The van der Waals surface area contributed by atoms with Gasteiger partial charge in [0, 0.05) is 30.3 Å². The third kappa shape index (κ3) is 2.83. The van der Waals surface area contributed by atoms with Crippen molar-refractivity contribution in [3.05, 3.63) is 33.2 Å². The summed E-state index contributed by atoms with van der Waals surface area (Å²) in [6, 6.07) is 1.50. The first-order valence-electron chi connectivity index (χ1n) is 7.67. The lowest BCUT2D eigenvalue weighted by Gasteiger charge is -2.29. The van der Waals surface area contributed by atoms with Gasteiger partial charge in [0.05, 0.1) is 0 Å². The highest BCUT2D eigenvalue weighted by molar-refractivity contribution is 6.02. The highest BCUT2D eigenvalue weighted by Gasteiger charge is 2.32. The van der Waals surface area contributed by atoms with Crippen molar-refractivity contribution in [1.82, 2.24) is 15.6 Å². The number of amides is 1. The molecular formula is C16H21N3O3. The van der Waals surface area contributed by atoms with Gasteiger partial charge >= 0.3 is 0 Å². The molecule has 0 aromatic carbocycles. The van der Waals surface area contributed by atoms with Crippen molar-refractivity contribution in [2.24, 2.45) is 5.41 Å². The van der Waals surface area contributed by atoms with E-state index in [9.17, 15) is 14.4 Å². The van der Waals surface area contributed by atoms with E-state index in [0.717, 1.165) is 13.0 Å². The van der Waals surface area contributed by atoms with Gasteiger partial charge in [-0.15, -0.1) is 0 Å². The molecule has 1 aliphatic carbocycles. The van der Waals surface area contributed by atoms with E-state index in [-0.39, 0.29) is 22.8 Å². The van der Waals surface area contributed by atoms with Crippen molar-refractivity contribution in [2.75, 3.05) is 13.1 Å². The zero-order valence-corrected chi connectivity index (χ0v) is 12.9. The lowest BCUT2D eigenvalue weighted by molar-refractivity contribution is 0.0910. The van der Waals surface area contributed by atoms with Gasteiger partial charge < -0.3 is 15.6 Å². The summed E-state index contributed by atoms with van der Waals surface area (Å²) in [6.45, 7) is 5.57. The van der Waals surface area contributed by atoms with Crippen LogP contribution in [0.4, 0.5) is 0 Å². The van der Waals surface area contributed by atoms with Gasteiger partial charge in [0.2, 0.25) is 0 Å². The molecule has 6 heteroatoms. The number of ketones is 1. The predicted octanol–water partition coefficient (Wildman–Crippen LogP) is 0.622. The minimum atomic E-state index is -0.423. The van der Waals surface area contributed by atoms with Gasteiger partial charge in [-0.2, -0.15) is 0 Å². The summed E-state index contributed by atoms with van der Waals surface area (Å²) in [4.78, 5) is 39.5. The first kappa shape index (κ1) is 15.0. The van der Waals surface area contributed by atoms with Gasteiger partial charge in [-0.1, -0.05) is 13.8 Å². The molecule has 22 heavy (non-hydrogen) atoms. The molecule has 2 heterocycles. The smallest absolute Gasteiger partial charge is 0.261 e. The van der Waals surface area contributed by atoms with Gasteiger partial charge in [-0.05, 0) is 30.9 Å². The minimum Gasteiger partial charge on any atom is -0.348 e. The quantitative estimate of drug-likeness (QED) is 0.747. The molecule has 1 atom stereocenters. The second-order valence-corrected chi connectivity index (χ2v) is 7.01. The number of nitrogens with one attached hydrogen (secondary N) is 3. The van der Waals surface area contributed by atoms with Gasteiger partial charge in [-0.3, -0.25) is 14.4 Å². The van der Waals surface area contributed by atoms with E-state index in [1.54, 1.807) is 0 Å². The highest BCUT2D eigenvalue weighted by atomic mass is 16.2. The maximum atomic E-state index is 12.3. The van der Waals surface area contributed by atoms with E-state index < -0.39 is 11.5 Å². The average molecular weight is 303 g/mol. The normalized spacial score (nSPS) is 23.2. The van der Waals surface area contributed by atoms with Crippen LogP contribution in [0.3, 0.4) is 0 Å². The van der Waals surface area contributed by atoms with Crippen LogP contribution in [0.1, 0.15) is 53.1 Å². The first-order valence-corrected chi connectivity index (χ1v) is 7.67. The number of hydrogen-bond donors (Lipinski definition) is 3. The van der Waals surface area contributed by atoms with Crippen LogP contribution < -0.4 is 16.2 Å². The van der Waals surface area contributed by atoms with Crippen LogP contribution in [0.15, 0.2) is 10.9 Å². The van der Waals surface area contributed by atoms with E-state index in [2.05, 4.69) is 15.6 Å². The number of H-pyrrole nitrogens is 1. The Morgan fingerprint density at radius 3 is 2.77 bits per heavy atom. The predicted molar refractivity (Wildman–Crippen MR) is 82.2 cm³/mol. The van der Waals surface area contributed by atoms with Crippen molar-refractivity contribution >= 4 is 11.7 Å². The molecule has 6 nitrogen and oxygen atoms in total. The summed E-state index contributed by atoms with van der Waals surface area (Å²) in [5.41, 5.74) is 0.567. The van der Waals surface area contributed by atoms with Gasteiger partial charge in [0.15, 0.2) is 5.78 Å². The Balaban J connectivity index is 1.90. The largest absolute Gasteiger partial charge is 0.348 e. The van der Waals surface area contributed by atoms with Crippen LogP contribution in [0.2, 0.25) is 0 Å². The van der Waals surface area contributed by atoms with E-state index in [1.165, 1.54) is 6.07 Å². The van der Waals surface area contributed by atoms with Crippen LogP contribution in [0.5, 0.6) is 0 Å². The second kappa shape index (κ2) is 5.35. The third-order valence-corrected chi connectivity index (χ3v) is 4.36. The Morgan fingerprint density at radius 2 is 2.09 bits per heavy atom. The lowest BCUT2D eigenvalue weighted by atomic mass is 9.75. The van der Waals surface area contributed by atoms with E-state index in [1.807, 2.05) is 13.8 Å². The Bertz CT molecular complexity index is 684. The number of aromatic nitrogens is 1. The van der Waals surface area contributed by atoms with Crippen molar-refractivity contribution < 1.29 is 9.59 Å². The van der Waals surface area contributed by atoms with E-state index in [4.69, 9.17) is 0 Å². The molecule has 0 spiro atoms. The first-order chi connectivity index (χ1) is 10.4. The summed E-state index contributed by atoms with van der Waals surface area (Å²) in [5, 5.41) is 6.00. The monoisotopic (exact) mass is 303 g/mol. The molecule has 1 aromatic rings. The minimum absolute atomic E-state index is 0.0147. The summed E-state index contributed by atoms with van der Waals surface area (Å²) < 4.78 is 0. The van der Waals surface area contributed by atoms with Gasteiger partial charge in [0.25, 0.3) is 11.5 Å². The molecule has 1 saturated heterocycles. The van der Waals surface area contributed by atoms with Crippen LogP contribution in [0, 0.1) is 5.41 Å². The molecule has 3 rings (SSSR count). The summed E-state index contributed by atoms with van der Waals surface area (Å²) in [7, 11) is 0.